The number of methoxy groups -OCH3 is 1. The van der Waals surface area contributed by atoms with E-state index in [1.807, 2.05) is 44.2 Å². The van der Waals surface area contributed by atoms with Crippen LogP contribution in [0.25, 0.3) is 0 Å². The highest BCUT2D eigenvalue weighted by molar-refractivity contribution is 5.82. The number of amides is 1. The number of nitrogens with two attached hydrogens (primary N) is 1. The molecule has 0 saturated carbocycles. The van der Waals surface area contributed by atoms with Crippen molar-refractivity contribution in [3.05, 3.63) is 35.9 Å². The summed E-state index contributed by atoms with van der Waals surface area (Å²) >= 11 is 0. The Hall–Kier alpha value is -1.39. The Bertz CT molecular complexity index is 379. The van der Waals surface area contributed by atoms with Gasteiger partial charge in [0.1, 0.15) is 0 Å². The predicted octanol–water partition coefficient (Wildman–Crippen LogP) is 1.44. The number of carbonyl (C=O) groups excluding carboxylic acids is 1. The fourth-order valence-electron chi connectivity index (χ4n) is 1.98. The second kappa shape index (κ2) is 7.92. The van der Waals surface area contributed by atoms with Crippen molar-refractivity contribution >= 4 is 5.91 Å². The Kier molecular flexibility index (Phi) is 6.53. The smallest absolute Gasteiger partial charge is 0.240 e. The second-order valence-electron chi connectivity index (χ2n) is 4.91. The summed E-state index contributed by atoms with van der Waals surface area (Å²) in [5.74, 6) is -0.0177. The van der Waals surface area contributed by atoms with Gasteiger partial charge in [0.05, 0.1) is 12.6 Å². The fourth-order valence-corrected chi connectivity index (χ4v) is 1.98. The summed E-state index contributed by atoms with van der Waals surface area (Å²) in [7, 11) is 1.63. The lowest BCUT2D eigenvalue weighted by molar-refractivity contribution is -0.135. The van der Waals surface area contributed by atoms with Crippen LogP contribution in [0.15, 0.2) is 30.3 Å². The summed E-state index contributed by atoms with van der Waals surface area (Å²) in [6.07, 6.45) is 0.565. The van der Waals surface area contributed by atoms with E-state index < -0.39 is 6.04 Å². The molecule has 0 aliphatic carbocycles. The minimum Gasteiger partial charge on any atom is -0.383 e. The standard InChI is InChI=1S/C15H24N2O2/c1-12(2)17(9-10-19-3)15(18)14(16)11-13-7-5-4-6-8-13/h4-8,12,14H,9-11,16H2,1-3H3. The van der Waals surface area contributed by atoms with Crippen molar-refractivity contribution in [2.24, 2.45) is 5.73 Å². The van der Waals surface area contributed by atoms with Crippen molar-refractivity contribution in [1.82, 2.24) is 4.90 Å². The average Bonchev–Trinajstić information content (AvgIpc) is 2.39. The maximum atomic E-state index is 12.3. The Morgan fingerprint density at radius 2 is 1.95 bits per heavy atom. The molecule has 1 aromatic carbocycles. The van der Waals surface area contributed by atoms with E-state index in [2.05, 4.69) is 0 Å². The number of benzene rings is 1. The maximum Gasteiger partial charge on any atom is 0.240 e. The van der Waals surface area contributed by atoms with Gasteiger partial charge in [-0.25, -0.2) is 0 Å². The zero-order valence-corrected chi connectivity index (χ0v) is 12.0. The fraction of sp³-hybridized carbons (Fsp3) is 0.533. The number of nitrogens with zero attached hydrogens (tertiary/aromatic N) is 1. The van der Waals surface area contributed by atoms with E-state index in [9.17, 15) is 4.79 Å². The summed E-state index contributed by atoms with van der Waals surface area (Å²) in [4.78, 5) is 14.1. The summed E-state index contributed by atoms with van der Waals surface area (Å²) in [5.41, 5.74) is 7.11. The molecule has 0 aliphatic rings. The zero-order valence-electron chi connectivity index (χ0n) is 12.0. The molecule has 4 heteroatoms. The van der Waals surface area contributed by atoms with Crippen LogP contribution in [-0.4, -0.2) is 43.2 Å². The van der Waals surface area contributed by atoms with Gasteiger partial charge in [0.15, 0.2) is 0 Å². The first-order valence-electron chi connectivity index (χ1n) is 6.65. The normalized spacial score (nSPS) is 12.5. The average molecular weight is 264 g/mol. The molecule has 4 nitrogen and oxygen atoms in total. The van der Waals surface area contributed by atoms with Crippen LogP contribution in [-0.2, 0) is 16.0 Å². The SMILES string of the molecule is COCCN(C(=O)C(N)Cc1ccccc1)C(C)C. The van der Waals surface area contributed by atoms with Crippen LogP contribution in [0, 0.1) is 0 Å². The van der Waals surface area contributed by atoms with Gasteiger partial charge < -0.3 is 15.4 Å². The number of rotatable bonds is 7. The molecule has 1 amide bonds. The highest BCUT2D eigenvalue weighted by Crippen LogP contribution is 2.07. The van der Waals surface area contributed by atoms with E-state index >= 15 is 0 Å². The van der Waals surface area contributed by atoms with Crippen LogP contribution in [0.3, 0.4) is 0 Å². The minimum absolute atomic E-state index is 0.0177. The lowest BCUT2D eigenvalue weighted by Gasteiger charge is -2.29. The first-order chi connectivity index (χ1) is 9.06. The molecule has 1 rings (SSSR count). The van der Waals surface area contributed by atoms with E-state index in [1.54, 1.807) is 12.0 Å². The molecule has 0 radical (unpaired) electrons. The maximum absolute atomic E-state index is 12.3. The summed E-state index contributed by atoms with van der Waals surface area (Å²) in [5, 5.41) is 0. The molecule has 1 unspecified atom stereocenters. The monoisotopic (exact) mass is 264 g/mol. The molecule has 0 aromatic heterocycles. The quantitative estimate of drug-likeness (QED) is 0.810. The molecular weight excluding hydrogens is 240 g/mol. The lowest BCUT2D eigenvalue weighted by Crippen LogP contribution is -2.49. The highest BCUT2D eigenvalue weighted by Gasteiger charge is 2.23. The minimum atomic E-state index is -0.498. The van der Waals surface area contributed by atoms with Crippen LogP contribution in [0.1, 0.15) is 19.4 Å². The molecule has 1 aromatic rings. The lowest BCUT2D eigenvalue weighted by atomic mass is 10.1. The largest absolute Gasteiger partial charge is 0.383 e. The van der Waals surface area contributed by atoms with Gasteiger partial charge in [-0.15, -0.1) is 0 Å². The van der Waals surface area contributed by atoms with E-state index in [-0.39, 0.29) is 11.9 Å². The van der Waals surface area contributed by atoms with E-state index in [0.29, 0.717) is 19.6 Å². The predicted molar refractivity (Wildman–Crippen MR) is 76.8 cm³/mol. The molecule has 0 aliphatic heterocycles. The number of carbonyl (C=O) groups is 1. The van der Waals surface area contributed by atoms with Gasteiger partial charge in [-0.2, -0.15) is 0 Å². The molecule has 0 fully saturated rings. The summed E-state index contributed by atoms with van der Waals surface area (Å²) in [6, 6.07) is 9.47. The second-order valence-corrected chi connectivity index (χ2v) is 4.91. The van der Waals surface area contributed by atoms with Crippen LogP contribution in [0.4, 0.5) is 0 Å². The molecule has 2 N–H and O–H groups in total. The van der Waals surface area contributed by atoms with Crippen LogP contribution < -0.4 is 5.73 Å². The van der Waals surface area contributed by atoms with E-state index in [1.165, 1.54) is 0 Å². The van der Waals surface area contributed by atoms with Gasteiger partial charge in [-0.05, 0) is 25.8 Å². The van der Waals surface area contributed by atoms with Gasteiger partial charge in [-0.1, -0.05) is 30.3 Å². The van der Waals surface area contributed by atoms with E-state index in [0.717, 1.165) is 5.56 Å². The third kappa shape index (κ3) is 5.01. The third-order valence-corrected chi connectivity index (χ3v) is 3.06. The first-order valence-corrected chi connectivity index (χ1v) is 6.65. The number of hydrogen-bond acceptors (Lipinski definition) is 3. The third-order valence-electron chi connectivity index (χ3n) is 3.06. The van der Waals surface area contributed by atoms with Crippen molar-refractivity contribution in [3.8, 4) is 0 Å². The van der Waals surface area contributed by atoms with Gasteiger partial charge in [0.2, 0.25) is 5.91 Å². The Morgan fingerprint density at radius 1 is 1.32 bits per heavy atom. The van der Waals surface area contributed by atoms with Crippen LogP contribution in [0.5, 0.6) is 0 Å². The molecular formula is C15H24N2O2. The van der Waals surface area contributed by atoms with Crippen molar-refractivity contribution < 1.29 is 9.53 Å². The Morgan fingerprint density at radius 3 is 2.47 bits per heavy atom. The molecule has 0 saturated heterocycles. The van der Waals surface area contributed by atoms with Gasteiger partial charge in [0, 0.05) is 19.7 Å². The Labute approximate surface area is 115 Å². The van der Waals surface area contributed by atoms with Gasteiger partial charge >= 0.3 is 0 Å². The molecule has 1 atom stereocenters. The van der Waals surface area contributed by atoms with Gasteiger partial charge in [-0.3, -0.25) is 4.79 Å². The molecule has 106 valence electrons. The van der Waals surface area contributed by atoms with Crippen molar-refractivity contribution in [2.45, 2.75) is 32.4 Å². The molecule has 0 spiro atoms. The molecule has 0 heterocycles. The van der Waals surface area contributed by atoms with Crippen molar-refractivity contribution in [1.29, 1.82) is 0 Å². The van der Waals surface area contributed by atoms with Crippen molar-refractivity contribution in [2.75, 3.05) is 20.3 Å². The number of hydrogen-bond donors (Lipinski definition) is 1. The molecule has 19 heavy (non-hydrogen) atoms. The van der Waals surface area contributed by atoms with Crippen LogP contribution in [0.2, 0.25) is 0 Å². The highest BCUT2D eigenvalue weighted by atomic mass is 16.5. The topological polar surface area (TPSA) is 55.6 Å². The summed E-state index contributed by atoms with van der Waals surface area (Å²) in [6.45, 7) is 5.09. The van der Waals surface area contributed by atoms with Crippen LogP contribution >= 0.6 is 0 Å². The first kappa shape index (κ1) is 15.7. The number of ether oxygens (including phenoxy) is 1. The molecule has 0 bridgehead atoms. The Balaban J connectivity index is 2.63. The van der Waals surface area contributed by atoms with E-state index in [4.69, 9.17) is 10.5 Å². The van der Waals surface area contributed by atoms with Crippen molar-refractivity contribution in [3.63, 3.8) is 0 Å². The zero-order chi connectivity index (χ0) is 14.3. The van der Waals surface area contributed by atoms with Gasteiger partial charge in [0.25, 0.3) is 0 Å². The summed E-state index contributed by atoms with van der Waals surface area (Å²) < 4.78 is 5.04.